The Morgan fingerprint density at radius 3 is 2.89 bits per heavy atom. The van der Waals surface area contributed by atoms with Gasteiger partial charge in [-0.15, -0.1) is 0 Å². The topological polar surface area (TPSA) is 66.5 Å². The summed E-state index contributed by atoms with van der Waals surface area (Å²) in [6.45, 7) is 1.99. The lowest BCUT2D eigenvalue weighted by Crippen LogP contribution is -1.97. The second-order valence-electron chi connectivity index (χ2n) is 4.08. The summed E-state index contributed by atoms with van der Waals surface area (Å²) in [6, 6.07) is 5.70. The molecule has 0 unspecified atom stereocenters. The molecule has 0 aliphatic rings. The highest BCUT2D eigenvalue weighted by molar-refractivity contribution is 6.33. The number of benzene rings is 1. The molecule has 0 saturated heterocycles. The van der Waals surface area contributed by atoms with Crippen molar-refractivity contribution in [3.63, 3.8) is 0 Å². The van der Waals surface area contributed by atoms with Crippen molar-refractivity contribution in [3.8, 4) is 0 Å². The van der Waals surface area contributed by atoms with Crippen LogP contribution >= 0.6 is 23.2 Å². The van der Waals surface area contributed by atoms with Crippen molar-refractivity contribution in [1.82, 2.24) is 20.2 Å². The largest absolute Gasteiger partial charge is 0.338 e. The standard InChI is InChI=1S/C12H9Cl2N5/c1-6-2-3-8(13)9(4-6)16-10-7-5-15-19-11(7)18-12(14)17-10/h2-5H,1H3,(H2,15,16,17,18,19). The molecule has 5 nitrogen and oxygen atoms in total. The number of halogens is 2. The number of rotatable bonds is 2. The Kier molecular flexibility index (Phi) is 3.00. The third-order valence-electron chi connectivity index (χ3n) is 2.66. The van der Waals surface area contributed by atoms with Gasteiger partial charge in [0.15, 0.2) is 5.65 Å². The molecule has 0 bridgehead atoms. The van der Waals surface area contributed by atoms with E-state index in [0.29, 0.717) is 16.5 Å². The Morgan fingerprint density at radius 1 is 1.21 bits per heavy atom. The van der Waals surface area contributed by atoms with Crippen LogP contribution in [0, 0.1) is 6.92 Å². The van der Waals surface area contributed by atoms with Crippen LogP contribution in [0.3, 0.4) is 0 Å². The highest BCUT2D eigenvalue weighted by Gasteiger charge is 2.10. The van der Waals surface area contributed by atoms with Gasteiger partial charge in [-0.05, 0) is 36.2 Å². The predicted molar refractivity (Wildman–Crippen MR) is 76.2 cm³/mol. The number of H-pyrrole nitrogens is 1. The van der Waals surface area contributed by atoms with Gasteiger partial charge in [-0.25, -0.2) is 0 Å². The van der Waals surface area contributed by atoms with Gasteiger partial charge in [-0.2, -0.15) is 15.1 Å². The average molecular weight is 294 g/mol. The zero-order valence-electron chi connectivity index (χ0n) is 9.91. The molecular weight excluding hydrogens is 285 g/mol. The number of aromatic nitrogens is 4. The van der Waals surface area contributed by atoms with Crippen molar-refractivity contribution < 1.29 is 0 Å². The van der Waals surface area contributed by atoms with E-state index in [0.717, 1.165) is 16.6 Å². The zero-order valence-corrected chi connectivity index (χ0v) is 11.4. The van der Waals surface area contributed by atoms with Gasteiger partial charge in [-0.3, -0.25) is 5.10 Å². The second kappa shape index (κ2) is 4.68. The van der Waals surface area contributed by atoms with E-state index in [1.807, 2.05) is 25.1 Å². The van der Waals surface area contributed by atoms with Crippen LogP contribution < -0.4 is 5.32 Å². The Morgan fingerprint density at radius 2 is 2.05 bits per heavy atom. The number of aryl methyl sites for hydroxylation is 1. The molecule has 0 fully saturated rings. The summed E-state index contributed by atoms with van der Waals surface area (Å²) in [7, 11) is 0. The highest BCUT2D eigenvalue weighted by atomic mass is 35.5. The van der Waals surface area contributed by atoms with Crippen molar-refractivity contribution in [1.29, 1.82) is 0 Å². The van der Waals surface area contributed by atoms with Gasteiger partial charge >= 0.3 is 0 Å². The molecule has 0 amide bonds. The molecule has 3 rings (SSSR count). The summed E-state index contributed by atoms with van der Waals surface area (Å²) in [5, 5.41) is 11.3. The predicted octanol–water partition coefficient (Wildman–Crippen LogP) is 3.71. The van der Waals surface area contributed by atoms with Crippen molar-refractivity contribution >= 4 is 45.7 Å². The van der Waals surface area contributed by atoms with Gasteiger partial charge in [0.1, 0.15) is 5.82 Å². The fourth-order valence-electron chi connectivity index (χ4n) is 1.77. The van der Waals surface area contributed by atoms with Crippen LogP contribution in [-0.4, -0.2) is 20.2 Å². The van der Waals surface area contributed by atoms with E-state index in [1.165, 1.54) is 0 Å². The molecule has 2 N–H and O–H groups in total. The smallest absolute Gasteiger partial charge is 0.226 e. The lowest BCUT2D eigenvalue weighted by molar-refractivity contribution is 1.09. The first-order chi connectivity index (χ1) is 9.13. The maximum atomic E-state index is 6.15. The minimum absolute atomic E-state index is 0.142. The number of fused-ring (bicyclic) bond motifs is 1. The second-order valence-corrected chi connectivity index (χ2v) is 4.83. The minimum Gasteiger partial charge on any atom is -0.338 e. The molecule has 7 heteroatoms. The van der Waals surface area contributed by atoms with Crippen molar-refractivity contribution in [2.45, 2.75) is 6.92 Å². The van der Waals surface area contributed by atoms with Crippen molar-refractivity contribution in [2.75, 3.05) is 5.32 Å². The summed E-state index contributed by atoms with van der Waals surface area (Å²) in [5.74, 6) is 0.566. The maximum Gasteiger partial charge on any atom is 0.226 e. The van der Waals surface area contributed by atoms with Crippen LogP contribution in [-0.2, 0) is 0 Å². The molecule has 2 heterocycles. The van der Waals surface area contributed by atoms with Crippen LogP contribution in [0.25, 0.3) is 11.0 Å². The molecule has 3 aromatic rings. The van der Waals surface area contributed by atoms with E-state index in [4.69, 9.17) is 23.2 Å². The fourth-order valence-corrected chi connectivity index (χ4v) is 2.10. The minimum atomic E-state index is 0.142. The molecule has 96 valence electrons. The fraction of sp³-hybridized carbons (Fsp3) is 0.0833. The van der Waals surface area contributed by atoms with E-state index in [2.05, 4.69) is 25.5 Å². The zero-order chi connectivity index (χ0) is 13.4. The Hall–Kier alpha value is -1.85. The molecule has 2 aromatic heterocycles. The maximum absolute atomic E-state index is 6.15. The monoisotopic (exact) mass is 293 g/mol. The van der Waals surface area contributed by atoms with Gasteiger partial charge in [0.25, 0.3) is 0 Å². The quantitative estimate of drug-likeness (QED) is 0.707. The summed E-state index contributed by atoms with van der Waals surface area (Å²) >= 11 is 12.0. The Labute approximate surface area is 119 Å². The lowest BCUT2D eigenvalue weighted by atomic mass is 10.2. The lowest BCUT2D eigenvalue weighted by Gasteiger charge is -2.09. The number of hydrogen-bond donors (Lipinski definition) is 2. The van der Waals surface area contributed by atoms with Gasteiger partial charge in [0, 0.05) is 0 Å². The van der Waals surface area contributed by atoms with Crippen LogP contribution in [0.15, 0.2) is 24.4 Å². The summed E-state index contributed by atoms with van der Waals surface area (Å²) in [5.41, 5.74) is 2.43. The third-order valence-corrected chi connectivity index (χ3v) is 3.16. The Bertz CT molecular complexity index is 753. The van der Waals surface area contributed by atoms with E-state index in [9.17, 15) is 0 Å². The van der Waals surface area contributed by atoms with Gasteiger partial charge in [0.05, 0.1) is 22.3 Å². The first-order valence-electron chi connectivity index (χ1n) is 5.53. The SMILES string of the molecule is Cc1ccc(Cl)c(Nc2nc(Cl)nc3[nH]ncc23)c1. The molecular formula is C12H9Cl2N5. The number of anilines is 2. The first-order valence-corrected chi connectivity index (χ1v) is 6.29. The number of nitrogens with zero attached hydrogens (tertiary/aromatic N) is 3. The Balaban J connectivity index is 2.10. The first kappa shape index (κ1) is 12.2. The highest BCUT2D eigenvalue weighted by Crippen LogP contribution is 2.29. The molecule has 19 heavy (non-hydrogen) atoms. The van der Waals surface area contributed by atoms with Crippen molar-refractivity contribution in [3.05, 3.63) is 40.3 Å². The van der Waals surface area contributed by atoms with Crippen molar-refractivity contribution in [2.24, 2.45) is 0 Å². The summed E-state index contributed by atoms with van der Waals surface area (Å²) < 4.78 is 0. The van der Waals surface area contributed by atoms with Gasteiger partial charge in [-0.1, -0.05) is 17.7 Å². The van der Waals surface area contributed by atoms with E-state index < -0.39 is 0 Å². The van der Waals surface area contributed by atoms with Gasteiger partial charge < -0.3 is 5.32 Å². The number of nitrogens with one attached hydrogen (secondary N) is 2. The van der Waals surface area contributed by atoms with E-state index >= 15 is 0 Å². The van der Waals surface area contributed by atoms with Crippen LogP contribution in [0.1, 0.15) is 5.56 Å². The summed E-state index contributed by atoms with van der Waals surface area (Å²) in [4.78, 5) is 8.21. The van der Waals surface area contributed by atoms with Gasteiger partial charge in [0.2, 0.25) is 5.28 Å². The summed E-state index contributed by atoms with van der Waals surface area (Å²) in [6.07, 6.45) is 1.64. The molecule has 0 atom stereocenters. The third kappa shape index (κ3) is 2.34. The molecule has 1 aromatic carbocycles. The molecule has 0 spiro atoms. The van der Waals surface area contributed by atoms with Crippen LogP contribution in [0.4, 0.5) is 11.5 Å². The average Bonchev–Trinajstić information content (AvgIpc) is 2.82. The number of aromatic amines is 1. The van der Waals surface area contributed by atoms with Crippen LogP contribution in [0.5, 0.6) is 0 Å². The van der Waals surface area contributed by atoms with E-state index in [-0.39, 0.29) is 5.28 Å². The van der Waals surface area contributed by atoms with E-state index in [1.54, 1.807) is 6.20 Å². The van der Waals surface area contributed by atoms with Crippen LogP contribution in [0.2, 0.25) is 10.3 Å². The molecule has 0 radical (unpaired) electrons. The molecule has 0 saturated carbocycles. The number of hydrogen-bond acceptors (Lipinski definition) is 4. The normalized spacial score (nSPS) is 10.9. The molecule has 0 aliphatic carbocycles. The molecule has 0 aliphatic heterocycles.